The van der Waals surface area contributed by atoms with Crippen molar-refractivity contribution in [3.05, 3.63) is 98.4 Å². The summed E-state index contributed by atoms with van der Waals surface area (Å²) >= 11 is 1.57. The molecule has 6 nitrogen and oxygen atoms in total. The SMILES string of the molecule is CN(C(=O)c1cccc([N+](=O)[O-])c1)[C@@H](c1cccs1)c1c[nH]c2ccccc12. The van der Waals surface area contributed by atoms with Crippen molar-refractivity contribution < 1.29 is 9.72 Å². The molecule has 4 aromatic rings. The Hall–Kier alpha value is -3.45. The molecule has 0 spiro atoms. The Labute approximate surface area is 165 Å². The molecule has 0 aliphatic carbocycles. The maximum absolute atomic E-state index is 13.2. The molecule has 1 amide bonds. The predicted molar refractivity (Wildman–Crippen MR) is 110 cm³/mol. The number of aromatic amines is 1. The minimum absolute atomic E-state index is 0.0981. The molecule has 0 aliphatic rings. The second kappa shape index (κ2) is 7.28. The molecule has 0 radical (unpaired) electrons. The fourth-order valence-corrected chi connectivity index (χ4v) is 4.28. The quantitative estimate of drug-likeness (QED) is 0.384. The molecular weight excluding hydrogens is 374 g/mol. The number of carbonyl (C=O) groups excluding carboxylic acids is 1. The van der Waals surface area contributed by atoms with Gasteiger partial charge in [0.2, 0.25) is 0 Å². The molecule has 2 heterocycles. The number of rotatable bonds is 5. The molecule has 0 saturated heterocycles. The number of hydrogen-bond acceptors (Lipinski definition) is 4. The highest BCUT2D eigenvalue weighted by molar-refractivity contribution is 7.10. The van der Waals surface area contributed by atoms with Gasteiger partial charge in [-0.25, -0.2) is 0 Å². The summed E-state index contributed by atoms with van der Waals surface area (Å²) < 4.78 is 0. The van der Waals surface area contributed by atoms with Crippen LogP contribution in [0.1, 0.15) is 26.8 Å². The van der Waals surface area contributed by atoms with E-state index in [0.717, 1.165) is 21.3 Å². The second-order valence-electron chi connectivity index (χ2n) is 6.43. The number of para-hydroxylation sites is 1. The summed E-state index contributed by atoms with van der Waals surface area (Å²) in [6.45, 7) is 0. The van der Waals surface area contributed by atoms with Gasteiger partial charge < -0.3 is 9.88 Å². The minimum Gasteiger partial charge on any atom is -0.361 e. The van der Waals surface area contributed by atoms with Crippen LogP contribution < -0.4 is 0 Å². The average Bonchev–Trinajstić information content (AvgIpc) is 3.39. The summed E-state index contributed by atoms with van der Waals surface area (Å²) in [7, 11) is 1.73. The van der Waals surface area contributed by atoms with Gasteiger partial charge in [0.1, 0.15) is 0 Å². The van der Waals surface area contributed by atoms with Crippen LogP contribution in [0.25, 0.3) is 10.9 Å². The van der Waals surface area contributed by atoms with E-state index in [9.17, 15) is 14.9 Å². The van der Waals surface area contributed by atoms with Crippen LogP contribution >= 0.6 is 11.3 Å². The van der Waals surface area contributed by atoms with E-state index >= 15 is 0 Å². The highest BCUT2D eigenvalue weighted by Crippen LogP contribution is 2.36. The van der Waals surface area contributed by atoms with Crippen molar-refractivity contribution in [3.8, 4) is 0 Å². The number of non-ortho nitro benzene ring substituents is 1. The number of H-pyrrole nitrogens is 1. The lowest BCUT2D eigenvalue weighted by Gasteiger charge is -2.27. The maximum Gasteiger partial charge on any atom is 0.270 e. The average molecular weight is 391 g/mol. The van der Waals surface area contributed by atoms with Gasteiger partial charge in [-0.1, -0.05) is 30.3 Å². The van der Waals surface area contributed by atoms with Gasteiger partial charge in [0.15, 0.2) is 0 Å². The third-order valence-corrected chi connectivity index (χ3v) is 5.66. The van der Waals surface area contributed by atoms with Crippen LogP contribution in [0.2, 0.25) is 0 Å². The number of nitrogens with one attached hydrogen (secondary N) is 1. The number of aromatic nitrogens is 1. The topological polar surface area (TPSA) is 79.2 Å². The highest BCUT2D eigenvalue weighted by atomic mass is 32.1. The molecule has 0 unspecified atom stereocenters. The van der Waals surface area contributed by atoms with Crippen molar-refractivity contribution in [1.82, 2.24) is 9.88 Å². The van der Waals surface area contributed by atoms with Crippen LogP contribution in [-0.4, -0.2) is 27.8 Å². The summed E-state index contributed by atoms with van der Waals surface area (Å²) in [5, 5.41) is 14.1. The molecule has 1 N–H and O–H groups in total. The zero-order valence-corrected chi connectivity index (χ0v) is 15.8. The zero-order chi connectivity index (χ0) is 19.7. The lowest BCUT2D eigenvalue weighted by Crippen LogP contribution is -2.31. The number of thiophene rings is 1. The van der Waals surface area contributed by atoms with Gasteiger partial charge in [-0.3, -0.25) is 14.9 Å². The van der Waals surface area contributed by atoms with E-state index in [0.29, 0.717) is 0 Å². The van der Waals surface area contributed by atoms with Crippen LogP contribution in [0.3, 0.4) is 0 Å². The van der Waals surface area contributed by atoms with Crippen LogP contribution in [0.15, 0.2) is 72.2 Å². The largest absolute Gasteiger partial charge is 0.361 e. The van der Waals surface area contributed by atoms with E-state index in [1.807, 2.05) is 48.0 Å². The molecule has 4 rings (SSSR count). The normalized spacial score (nSPS) is 12.0. The molecular formula is C21H17N3O3S. The lowest BCUT2D eigenvalue weighted by atomic mass is 10.0. The first kappa shape index (κ1) is 17.9. The van der Waals surface area contributed by atoms with Gasteiger partial charge in [0.05, 0.1) is 11.0 Å². The third-order valence-electron chi connectivity index (χ3n) is 4.74. The number of nitro benzene ring substituents is 1. The smallest absolute Gasteiger partial charge is 0.270 e. The molecule has 0 fully saturated rings. The first-order valence-corrected chi connectivity index (χ1v) is 9.55. The van der Waals surface area contributed by atoms with Gasteiger partial charge in [-0.15, -0.1) is 11.3 Å². The summed E-state index contributed by atoms with van der Waals surface area (Å²) in [5.41, 5.74) is 2.17. The van der Waals surface area contributed by atoms with Crippen molar-refractivity contribution in [3.63, 3.8) is 0 Å². The Morgan fingerprint density at radius 1 is 1.14 bits per heavy atom. The number of nitro groups is 1. The lowest BCUT2D eigenvalue weighted by molar-refractivity contribution is -0.384. The number of hydrogen-bond donors (Lipinski definition) is 1. The number of fused-ring (bicyclic) bond motifs is 1. The molecule has 0 bridgehead atoms. The van der Waals surface area contributed by atoms with Crippen molar-refractivity contribution in [2.24, 2.45) is 0 Å². The molecule has 28 heavy (non-hydrogen) atoms. The van der Waals surface area contributed by atoms with E-state index < -0.39 is 4.92 Å². The van der Waals surface area contributed by atoms with E-state index in [-0.39, 0.29) is 23.2 Å². The number of benzene rings is 2. The molecule has 2 aromatic heterocycles. The van der Waals surface area contributed by atoms with Crippen LogP contribution in [0, 0.1) is 10.1 Å². The summed E-state index contributed by atoms with van der Waals surface area (Å²) in [6, 6.07) is 17.4. The van der Waals surface area contributed by atoms with Crippen molar-refractivity contribution in [1.29, 1.82) is 0 Å². The molecule has 1 atom stereocenters. The first-order chi connectivity index (χ1) is 13.6. The fraction of sp³-hybridized carbons (Fsp3) is 0.0952. The van der Waals surface area contributed by atoms with Gasteiger partial charge >= 0.3 is 0 Å². The standard InChI is InChI=1S/C21H17N3O3S/c1-23(21(25)14-6-4-7-15(12-14)24(26)27)20(19-10-5-11-28-19)17-13-22-18-9-3-2-8-16(17)18/h2-13,20,22H,1H3/t20-/m1/s1. The summed E-state index contributed by atoms with van der Waals surface area (Å²) in [6.07, 6.45) is 1.92. The van der Waals surface area contributed by atoms with Crippen molar-refractivity contribution in [2.45, 2.75) is 6.04 Å². The Kier molecular flexibility index (Phi) is 4.67. The van der Waals surface area contributed by atoms with Gasteiger partial charge in [0, 0.05) is 52.3 Å². The van der Waals surface area contributed by atoms with Crippen molar-refractivity contribution >= 4 is 33.8 Å². The van der Waals surface area contributed by atoms with Crippen molar-refractivity contribution in [2.75, 3.05) is 7.05 Å². The molecule has 0 saturated carbocycles. The zero-order valence-electron chi connectivity index (χ0n) is 15.0. The predicted octanol–water partition coefficient (Wildman–Crippen LogP) is 5.00. The van der Waals surface area contributed by atoms with Gasteiger partial charge in [-0.2, -0.15) is 0 Å². The van der Waals surface area contributed by atoms with Gasteiger partial charge in [0.25, 0.3) is 11.6 Å². The Morgan fingerprint density at radius 3 is 2.71 bits per heavy atom. The monoisotopic (exact) mass is 391 g/mol. The van der Waals surface area contributed by atoms with E-state index in [1.165, 1.54) is 18.2 Å². The van der Waals surface area contributed by atoms with E-state index in [1.54, 1.807) is 29.4 Å². The minimum atomic E-state index is -0.493. The number of nitrogens with zero attached hydrogens (tertiary/aromatic N) is 2. The highest BCUT2D eigenvalue weighted by Gasteiger charge is 2.28. The number of carbonyl (C=O) groups is 1. The Morgan fingerprint density at radius 2 is 1.96 bits per heavy atom. The molecule has 2 aromatic carbocycles. The van der Waals surface area contributed by atoms with Crippen LogP contribution in [-0.2, 0) is 0 Å². The van der Waals surface area contributed by atoms with Crippen LogP contribution in [0.4, 0.5) is 5.69 Å². The van der Waals surface area contributed by atoms with E-state index in [2.05, 4.69) is 4.98 Å². The summed E-state index contributed by atoms with van der Waals surface area (Å²) in [4.78, 5) is 29.7. The first-order valence-electron chi connectivity index (χ1n) is 8.67. The fourth-order valence-electron chi connectivity index (χ4n) is 3.39. The number of amides is 1. The third kappa shape index (κ3) is 3.16. The maximum atomic E-state index is 13.2. The summed E-state index contributed by atoms with van der Waals surface area (Å²) in [5.74, 6) is -0.271. The molecule has 140 valence electrons. The van der Waals surface area contributed by atoms with Gasteiger partial charge in [-0.05, 0) is 23.6 Å². The molecule has 7 heteroatoms. The Balaban J connectivity index is 1.78. The Bertz CT molecular complexity index is 1150. The molecule has 0 aliphatic heterocycles. The van der Waals surface area contributed by atoms with E-state index in [4.69, 9.17) is 0 Å². The van der Waals surface area contributed by atoms with Crippen LogP contribution in [0.5, 0.6) is 0 Å². The second-order valence-corrected chi connectivity index (χ2v) is 7.41.